The van der Waals surface area contributed by atoms with E-state index in [2.05, 4.69) is 30.0 Å². The smallest absolute Gasteiger partial charge is 0.300 e. The summed E-state index contributed by atoms with van der Waals surface area (Å²) in [5.41, 5.74) is -0.610. The van der Waals surface area contributed by atoms with E-state index < -0.39 is 17.2 Å². The third-order valence-corrected chi connectivity index (χ3v) is 5.92. The molecule has 0 aliphatic heterocycles. The fraction of sp³-hybridized carbons (Fsp3) is 0.458. The Kier molecular flexibility index (Phi) is 7.48. The first-order valence-corrected chi connectivity index (χ1v) is 9.96. The van der Waals surface area contributed by atoms with Crippen molar-refractivity contribution in [2.24, 2.45) is 5.92 Å². The summed E-state index contributed by atoms with van der Waals surface area (Å²) in [6.45, 7) is 6.45. The number of rotatable bonds is 8. The number of hydrogen-bond acceptors (Lipinski definition) is 2. The van der Waals surface area contributed by atoms with Crippen molar-refractivity contribution in [3.63, 3.8) is 0 Å². The standard InChI is InChI=1S/C24H29F3N2/c1-18(2)23(17-28,21-13-8-9-14-22(21)24(25,26)27)15-10-16-29(4)19(3)20-11-6-5-7-12-20/h5-9,11-14,18-19H,10,15-16H2,1-4H3. The Bertz CT molecular complexity index is 824. The number of nitriles is 1. The number of alkyl halides is 3. The zero-order valence-corrected chi connectivity index (χ0v) is 17.5. The van der Waals surface area contributed by atoms with Crippen LogP contribution in [0.15, 0.2) is 54.6 Å². The lowest BCUT2D eigenvalue weighted by Gasteiger charge is -2.34. The van der Waals surface area contributed by atoms with Crippen LogP contribution >= 0.6 is 0 Å². The third kappa shape index (κ3) is 5.19. The number of hydrogen-bond donors (Lipinski definition) is 0. The second-order valence-corrected chi connectivity index (χ2v) is 7.95. The quantitative estimate of drug-likeness (QED) is 0.498. The summed E-state index contributed by atoms with van der Waals surface area (Å²) in [6.07, 6.45) is -3.47. The molecule has 0 fully saturated rings. The Balaban J connectivity index is 2.22. The number of benzene rings is 2. The van der Waals surface area contributed by atoms with Crippen molar-refractivity contribution in [3.8, 4) is 6.07 Å². The van der Waals surface area contributed by atoms with Crippen molar-refractivity contribution in [1.29, 1.82) is 5.26 Å². The minimum atomic E-state index is -4.48. The van der Waals surface area contributed by atoms with Crippen molar-refractivity contribution in [1.82, 2.24) is 4.90 Å². The zero-order valence-electron chi connectivity index (χ0n) is 17.5. The van der Waals surface area contributed by atoms with E-state index in [1.165, 1.54) is 17.7 Å². The molecule has 2 unspecified atom stereocenters. The van der Waals surface area contributed by atoms with Crippen molar-refractivity contribution >= 4 is 0 Å². The molecule has 5 heteroatoms. The van der Waals surface area contributed by atoms with Crippen LogP contribution in [0.2, 0.25) is 0 Å². The molecule has 0 aliphatic rings. The first-order chi connectivity index (χ1) is 13.6. The van der Waals surface area contributed by atoms with E-state index in [1.54, 1.807) is 6.07 Å². The Hall–Kier alpha value is -2.32. The second-order valence-electron chi connectivity index (χ2n) is 7.95. The predicted octanol–water partition coefficient (Wildman–Crippen LogP) is 6.60. The minimum absolute atomic E-state index is 0.0868. The van der Waals surface area contributed by atoms with Gasteiger partial charge in [0.2, 0.25) is 0 Å². The molecular formula is C24H29F3N2. The van der Waals surface area contributed by atoms with Gasteiger partial charge < -0.3 is 0 Å². The summed E-state index contributed by atoms with van der Waals surface area (Å²) < 4.78 is 40.8. The van der Waals surface area contributed by atoms with Crippen LogP contribution in [-0.2, 0) is 11.6 Å². The van der Waals surface area contributed by atoms with Crippen LogP contribution in [0.1, 0.15) is 56.3 Å². The lowest BCUT2D eigenvalue weighted by Crippen LogP contribution is -2.34. The van der Waals surface area contributed by atoms with Gasteiger partial charge in [0.25, 0.3) is 0 Å². The molecule has 0 aliphatic carbocycles. The highest BCUT2D eigenvalue weighted by atomic mass is 19.4. The fourth-order valence-corrected chi connectivity index (χ4v) is 3.89. The van der Waals surface area contributed by atoms with E-state index in [9.17, 15) is 18.4 Å². The maximum absolute atomic E-state index is 13.6. The molecular weight excluding hydrogens is 373 g/mol. The highest BCUT2D eigenvalue weighted by Crippen LogP contribution is 2.43. The maximum Gasteiger partial charge on any atom is 0.416 e. The summed E-state index contributed by atoms with van der Waals surface area (Å²) in [5, 5.41) is 10.0. The van der Waals surface area contributed by atoms with Gasteiger partial charge in [-0.05, 0) is 56.5 Å². The van der Waals surface area contributed by atoms with Crippen molar-refractivity contribution in [2.75, 3.05) is 13.6 Å². The van der Waals surface area contributed by atoms with Gasteiger partial charge in [-0.2, -0.15) is 18.4 Å². The molecule has 0 amide bonds. The molecule has 2 aromatic rings. The largest absolute Gasteiger partial charge is 0.416 e. The highest BCUT2D eigenvalue weighted by Gasteiger charge is 2.43. The van der Waals surface area contributed by atoms with Gasteiger partial charge in [-0.25, -0.2) is 0 Å². The SMILES string of the molecule is CC(c1ccccc1)N(C)CCCC(C#N)(c1ccccc1C(F)(F)F)C(C)C. The van der Waals surface area contributed by atoms with Crippen LogP contribution in [0, 0.1) is 17.2 Å². The molecule has 2 nitrogen and oxygen atoms in total. The van der Waals surface area contributed by atoms with Gasteiger partial charge in [-0.3, -0.25) is 4.90 Å². The summed E-state index contributed by atoms with van der Waals surface area (Å²) in [4.78, 5) is 2.17. The molecule has 0 bridgehead atoms. The predicted molar refractivity (Wildman–Crippen MR) is 110 cm³/mol. The van der Waals surface area contributed by atoms with E-state index in [0.717, 1.165) is 6.07 Å². The van der Waals surface area contributed by atoms with Gasteiger partial charge in [0.05, 0.1) is 17.0 Å². The Morgan fingerprint density at radius 3 is 2.00 bits per heavy atom. The lowest BCUT2D eigenvalue weighted by molar-refractivity contribution is -0.138. The molecule has 0 spiro atoms. The van der Waals surface area contributed by atoms with Gasteiger partial charge in [0, 0.05) is 6.04 Å². The van der Waals surface area contributed by atoms with E-state index in [-0.39, 0.29) is 17.5 Å². The Labute approximate surface area is 172 Å². The molecule has 0 aromatic heterocycles. The van der Waals surface area contributed by atoms with Crippen LogP contribution < -0.4 is 0 Å². The van der Waals surface area contributed by atoms with Gasteiger partial charge >= 0.3 is 6.18 Å². The van der Waals surface area contributed by atoms with Gasteiger partial charge in [0.1, 0.15) is 0 Å². The molecule has 156 valence electrons. The molecule has 0 N–H and O–H groups in total. The molecule has 2 atom stereocenters. The molecule has 0 saturated heterocycles. The highest BCUT2D eigenvalue weighted by molar-refractivity contribution is 5.41. The molecule has 0 radical (unpaired) electrons. The summed E-state index contributed by atoms with van der Waals surface area (Å²) in [7, 11) is 2.00. The first-order valence-electron chi connectivity index (χ1n) is 9.96. The number of nitrogens with zero attached hydrogens (tertiary/aromatic N) is 2. The van der Waals surface area contributed by atoms with Gasteiger partial charge in [-0.15, -0.1) is 0 Å². The zero-order chi connectivity index (χ0) is 21.7. The normalized spacial score (nSPS) is 15.2. The maximum atomic E-state index is 13.6. The molecule has 2 rings (SSSR count). The third-order valence-electron chi connectivity index (χ3n) is 5.92. The average molecular weight is 403 g/mol. The summed E-state index contributed by atoms with van der Waals surface area (Å²) in [6, 6.07) is 18.0. The molecule has 0 heterocycles. The fourth-order valence-electron chi connectivity index (χ4n) is 3.89. The second kappa shape index (κ2) is 9.45. The Morgan fingerprint density at radius 2 is 1.48 bits per heavy atom. The number of halogens is 3. The van der Waals surface area contributed by atoms with Crippen LogP contribution in [0.5, 0.6) is 0 Å². The topological polar surface area (TPSA) is 27.0 Å². The van der Waals surface area contributed by atoms with Gasteiger partial charge in [0.15, 0.2) is 0 Å². The van der Waals surface area contributed by atoms with E-state index in [4.69, 9.17) is 0 Å². The van der Waals surface area contributed by atoms with Crippen LogP contribution in [0.25, 0.3) is 0 Å². The van der Waals surface area contributed by atoms with Crippen LogP contribution in [-0.4, -0.2) is 18.5 Å². The van der Waals surface area contributed by atoms with E-state index in [0.29, 0.717) is 19.4 Å². The first kappa shape index (κ1) is 23.0. The van der Waals surface area contributed by atoms with Crippen molar-refractivity contribution < 1.29 is 13.2 Å². The van der Waals surface area contributed by atoms with E-state index in [1.807, 2.05) is 39.1 Å². The molecule has 29 heavy (non-hydrogen) atoms. The van der Waals surface area contributed by atoms with Crippen molar-refractivity contribution in [2.45, 2.75) is 51.2 Å². The molecule has 0 saturated carbocycles. The summed E-state index contributed by atoms with van der Waals surface area (Å²) in [5.74, 6) is -0.243. The lowest BCUT2D eigenvalue weighted by atomic mass is 9.68. The summed E-state index contributed by atoms with van der Waals surface area (Å²) >= 11 is 0. The minimum Gasteiger partial charge on any atom is -0.300 e. The van der Waals surface area contributed by atoms with Crippen molar-refractivity contribution in [3.05, 3.63) is 71.3 Å². The monoisotopic (exact) mass is 402 g/mol. The van der Waals surface area contributed by atoms with Gasteiger partial charge in [-0.1, -0.05) is 62.4 Å². The van der Waals surface area contributed by atoms with E-state index >= 15 is 0 Å². The van der Waals surface area contributed by atoms with Crippen LogP contribution in [0.3, 0.4) is 0 Å². The average Bonchev–Trinajstić information content (AvgIpc) is 2.70. The Morgan fingerprint density at radius 1 is 0.931 bits per heavy atom. The van der Waals surface area contributed by atoms with Crippen LogP contribution in [0.4, 0.5) is 13.2 Å². The molecule has 2 aromatic carbocycles.